The Balaban J connectivity index is 2.12. The van der Waals surface area contributed by atoms with Crippen LogP contribution in [0.1, 0.15) is 13.3 Å². The maximum absolute atomic E-state index is 9.79. The number of hydrogen-bond donors (Lipinski definition) is 2. The summed E-state index contributed by atoms with van der Waals surface area (Å²) in [5.74, 6) is 0.385. The molecule has 82 valence electrons. The minimum absolute atomic E-state index is 0.250. The lowest BCUT2D eigenvalue weighted by atomic mass is 9.96. The van der Waals surface area contributed by atoms with E-state index >= 15 is 0 Å². The lowest BCUT2D eigenvalue weighted by molar-refractivity contribution is 0.103. The molecule has 1 saturated heterocycles. The predicted molar refractivity (Wildman–Crippen MR) is 60.7 cm³/mol. The molecule has 2 atom stereocenters. The Labute approximate surface area is 89.7 Å². The molecule has 0 bridgehead atoms. The molecule has 1 aromatic rings. The van der Waals surface area contributed by atoms with Crippen LogP contribution >= 0.6 is 0 Å². The Morgan fingerprint density at radius 3 is 3.00 bits per heavy atom. The van der Waals surface area contributed by atoms with Crippen molar-refractivity contribution in [1.29, 1.82) is 0 Å². The second-order valence-corrected chi connectivity index (χ2v) is 4.26. The van der Waals surface area contributed by atoms with Crippen LogP contribution in [0.4, 0.5) is 11.4 Å². The molecule has 1 aliphatic rings. The molecule has 2 heterocycles. The summed E-state index contributed by atoms with van der Waals surface area (Å²) in [4.78, 5) is 6.19. The van der Waals surface area contributed by atoms with Crippen molar-refractivity contribution < 1.29 is 5.11 Å². The highest BCUT2D eigenvalue weighted by atomic mass is 16.3. The van der Waals surface area contributed by atoms with E-state index in [0.29, 0.717) is 18.2 Å². The van der Waals surface area contributed by atoms with E-state index in [0.717, 1.165) is 18.7 Å². The van der Waals surface area contributed by atoms with Crippen molar-refractivity contribution in [3.8, 4) is 0 Å². The third-order valence-electron chi connectivity index (χ3n) is 3.03. The van der Waals surface area contributed by atoms with Crippen LogP contribution in [0.3, 0.4) is 0 Å². The smallest absolute Gasteiger partial charge is 0.0741 e. The zero-order valence-electron chi connectivity index (χ0n) is 8.93. The molecule has 1 aliphatic heterocycles. The van der Waals surface area contributed by atoms with Gasteiger partial charge in [-0.1, -0.05) is 6.92 Å². The van der Waals surface area contributed by atoms with Gasteiger partial charge in [-0.3, -0.25) is 4.98 Å². The van der Waals surface area contributed by atoms with Gasteiger partial charge in [0.05, 0.1) is 23.7 Å². The van der Waals surface area contributed by atoms with Gasteiger partial charge >= 0.3 is 0 Å². The molecule has 2 rings (SSSR count). The lowest BCUT2D eigenvalue weighted by Gasteiger charge is -2.35. The number of pyridine rings is 1. The van der Waals surface area contributed by atoms with Crippen LogP contribution in [0, 0.1) is 5.92 Å². The van der Waals surface area contributed by atoms with Gasteiger partial charge in [0.15, 0.2) is 0 Å². The fourth-order valence-electron chi connectivity index (χ4n) is 1.90. The standard InChI is InChI=1S/C11H17N3O/c1-8-2-3-14(7-11(8)15)10-4-9(12)5-13-6-10/h4-6,8,11,15H,2-3,7,12H2,1H3/t8-,11-/m1/s1. The summed E-state index contributed by atoms with van der Waals surface area (Å²) in [6, 6.07) is 1.90. The molecule has 4 heteroatoms. The molecule has 4 nitrogen and oxygen atoms in total. The molecule has 0 spiro atoms. The average Bonchev–Trinajstić information content (AvgIpc) is 2.22. The Kier molecular flexibility index (Phi) is 2.77. The van der Waals surface area contributed by atoms with Crippen molar-refractivity contribution in [2.45, 2.75) is 19.4 Å². The Morgan fingerprint density at radius 1 is 1.53 bits per heavy atom. The molecule has 0 radical (unpaired) electrons. The first kappa shape index (κ1) is 10.2. The third kappa shape index (κ3) is 2.21. The molecule has 0 amide bonds. The van der Waals surface area contributed by atoms with Gasteiger partial charge in [0.2, 0.25) is 0 Å². The molecular formula is C11H17N3O. The number of piperidine rings is 1. The molecule has 0 saturated carbocycles. The SMILES string of the molecule is C[C@@H]1CCN(c2cncc(N)c2)C[C@H]1O. The largest absolute Gasteiger partial charge is 0.397 e. The molecule has 15 heavy (non-hydrogen) atoms. The third-order valence-corrected chi connectivity index (χ3v) is 3.03. The second-order valence-electron chi connectivity index (χ2n) is 4.26. The van der Waals surface area contributed by atoms with E-state index in [1.165, 1.54) is 0 Å². The summed E-state index contributed by atoms with van der Waals surface area (Å²) in [7, 11) is 0. The fourth-order valence-corrected chi connectivity index (χ4v) is 1.90. The number of rotatable bonds is 1. The fraction of sp³-hybridized carbons (Fsp3) is 0.545. The second kappa shape index (κ2) is 4.06. The molecule has 0 aromatic carbocycles. The number of nitrogens with zero attached hydrogens (tertiary/aromatic N) is 2. The van der Waals surface area contributed by atoms with Crippen LogP contribution in [0.25, 0.3) is 0 Å². The van der Waals surface area contributed by atoms with Crippen molar-refractivity contribution in [3.63, 3.8) is 0 Å². The lowest BCUT2D eigenvalue weighted by Crippen LogP contribution is -2.42. The van der Waals surface area contributed by atoms with Crippen molar-refractivity contribution in [2.24, 2.45) is 5.92 Å². The van der Waals surface area contributed by atoms with Gasteiger partial charge in [0, 0.05) is 19.3 Å². The summed E-state index contributed by atoms with van der Waals surface area (Å²) >= 11 is 0. The highest BCUT2D eigenvalue weighted by Crippen LogP contribution is 2.23. The van der Waals surface area contributed by atoms with Gasteiger partial charge < -0.3 is 15.7 Å². The van der Waals surface area contributed by atoms with Gasteiger partial charge in [-0.25, -0.2) is 0 Å². The zero-order valence-corrected chi connectivity index (χ0v) is 8.93. The summed E-state index contributed by atoms with van der Waals surface area (Å²) in [5, 5.41) is 9.79. The van der Waals surface area contributed by atoms with Crippen molar-refractivity contribution in [2.75, 3.05) is 23.7 Å². The first-order chi connectivity index (χ1) is 7.16. The number of β-amino-alcohol motifs (C(OH)–C–C–N with tert-alkyl or cyclic N) is 1. The monoisotopic (exact) mass is 207 g/mol. The first-order valence-electron chi connectivity index (χ1n) is 5.30. The molecule has 1 aromatic heterocycles. The Morgan fingerprint density at radius 2 is 2.33 bits per heavy atom. The topological polar surface area (TPSA) is 62.4 Å². The Hall–Kier alpha value is -1.29. The molecular weight excluding hydrogens is 190 g/mol. The summed E-state index contributed by atoms with van der Waals surface area (Å²) in [6.45, 7) is 3.72. The van der Waals surface area contributed by atoms with Crippen LogP contribution in [0.2, 0.25) is 0 Å². The van der Waals surface area contributed by atoms with E-state index in [2.05, 4.69) is 16.8 Å². The molecule has 0 aliphatic carbocycles. The van der Waals surface area contributed by atoms with Crippen LogP contribution < -0.4 is 10.6 Å². The maximum Gasteiger partial charge on any atom is 0.0741 e. The van der Waals surface area contributed by atoms with E-state index in [-0.39, 0.29) is 6.10 Å². The summed E-state index contributed by atoms with van der Waals surface area (Å²) < 4.78 is 0. The van der Waals surface area contributed by atoms with E-state index in [4.69, 9.17) is 5.73 Å². The maximum atomic E-state index is 9.79. The van der Waals surface area contributed by atoms with Crippen molar-refractivity contribution >= 4 is 11.4 Å². The van der Waals surface area contributed by atoms with Crippen LogP contribution in [0.15, 0.2) is 18.5 Å². The number of aliphatic hydroxyl groups excluding tert-OH is 1. The number of nitrogen functional groups attached to an aromatic ring is 1. The summed E-state index contributed by atoms with van der Waals surface area (Å²) in [5.41, 5.74) is 7.34. The van der Waals surface area contributed by atoms with E-state index in [1.54, 1.807) is 12.4 Å². The van der Waals surface area contributed by atoms with Gasteiger partial charge in [0.25, 0.3) is 0 Å². The number of nitrogens with two attached hydrogens (primary N) is 1. The van der Waals surface area contributed by atoms with E-state index in [9.17, 15) is 5.11 Å². The Bertz CT molecular complexity index is 342. The summed E-state index contributed by atoms with van der Waals surface area (Å²) in [6.07, 6.45) is 4.18. The normalized spacial score (nSPS) is 26.7. The number of hydrogen-bond acceptors (Lipinski definition) is 4. The van der Waals surface area contributed by atoms with E-state index in [1.807, 2.05) is 6.07 Å². The minimum atomic E-state index is -0.250. The highest BCUT2D eigenvalue weighted by Gasteiger charge is 2.24. The van der Waals surface area contributed by atoms with Crippen LogP contribution in [-0.2, 0) is 0 Å². The van der Waals surface area contributed by atoms with E-state index < -0.39 is 0 Å². The number of aliphatic hydroxyl groups is 1. The molecule has 3 N–H and O–H groups in total. The highest BCUT2D eigenvalue weighted by molar-refractivity contribution is 5.53. The first-order valence-corrected chi connectivity index (χ1v) is 5.30. The zero-order chi connectivity index (χ0) is 10.8. The van der Waals surface area contributed by atoms with Gasteiger partial charge in [0.1, 0.15) is 0 Å². The molecule has 1 fully saturated rings. The number of aromatic nitrogens is 1. The predicted octanol–water partition coefficient (Wildman–Crippen LogP) is 0.871. The van der Waals surface area contributed by atoms with Crippen LogP contribution in [-0.4, -0.2) is 29.3 Å². The quantitative estimate of drug-likeness (QED) is 0.717. The van der Waals surface area contributed by atoms with Crippen molar-refractivity contribution in [3.05, 3.63) is 18.5 Å². The van der Waals surface area contributed by atoms with Gasteiger partial charge in [-0.2, -0.15) is 0 Å². The van der Waals surface area contributed by atoms with Crippen molar-refractivity contribution in [1.82, 2.24) is 4.98 Å². The number of anilines is 2. The van der Waals surface area contributed by atoms with Gasteiger partial charge in [-0.15, -0.1) is 0 Å². The minimum Gasteiger partial charge on any atom is -0.397 e. The average molecular weight is 207 g/mol. The van der Waals surface area contributed by atoms with Gasteiger partial charge in [-0.05, 0) is 18.4 Å². The van der Waals surface area contributed by atoms with Crippen LogP contribution in [0.5, 0.6) is 0 Å². The molecule has 0 unspecified atom stereocenters.